The van der Waals surface area contributed by atoms with Gasteiger partial charge >= 0.3 is 0 Å². The van der Waals surface area contributed by atoms with Gasteiger partial charge in [-0.15, -0.1) is 0 Å². The molecule has 29 heavy (non-hydrogen) atoms. The number of hydrogen-bond acceptors (Lipinski definition) is 5. The molecule has 1 aliphatic carbocycles. The third-order valence-corrected chi connectivity index (χ3v) is 6.68. The maximum Gasteiger partial charge on any atom is 0.278 e. The molecule has 1 saturated heterocycles. The van der Waals surface area contributed by atoms with E-state index in [2.05, 4.69) is 27.2 Å². The highest BCUT2D eigenvalue weighted by Crippen LogP contribution is 2.27. The molecule has 2 fully saturated rings. The van der Waals surface area contributed by atoms with Gasteiger partial charge in [0.25, 0.3) is 5.56 Å². The Kier molecular flexibility index (Phi) is 6.53. The zero-order valence-electron chi connectivity index (χ0n) is 18.0. The standard InChI is InChI=1S/C22H36N6O/c1-3-7-18-19-20(27(2)26-18)21(29)25-22(24-19)28(14-16-8-5-4-6-9-16)15-17-10-12-23-13-11-17/h16-17,23H,3-15H2,1-2H3,(H,24,25,29). The molecule has 0 bridgehead atoms. The number of nitrogens with one attached hydrogen (secondary N) is 2. The lowest BCUT2D eigenvalue weighted by molar-refractivity contribution is 0.331. The highest BCUT2D eigenvalue weighted by Gasteiger charge is 2.24. The van der Waals surface area contributed by atoms with E-state index in [1.807, 2.05) is 7.05 Å². The van der Waals surface area contributed by atoms with Gasteiger partial charge in [0.2, 0.25) is 5.95 Å². The lowest BCUT2D eigenvalue weighted by Crippen LogP contribution is -2.40. The fourth-order valence-corrected chi connectivity index (χ4v) is 5.09. The number of hydrogen-bond donors (Lipinski definition) is 2. The van der Waals surface area contributed by atoms with Gasteiger partial charge in [-0.1, -0.05) is 32.6 Å². The van der Waals surface area contributed by atoms with E-state index < -0.39 is 0 Å². The van der Waals surface area contributed by atoms with Gasteiger partial charge in [-0.05, 0) is 57.0 Å². The first-order valence-electron chi connectivity index (χ1n) is 11.6. The first kappa shape index (κ1) is 20.4. The second kappa shape index (κ2) is 9.28. The smallest absolute Gasteiger partial charge is 0.278 e. The van der Waals surface area contributed by atoms with Crippen molar-refractivity contribution in [1.29, 1.82) is 0 Å². The van der Waals surface area contributed by atoms with Crippen molar-refractivity contribution in [2.24, 2.45) is 18.9 Å². The highest BCUT2D eigenvalue weighted by atomic mass is 16.1. The quantitative estimate of drug-likeness (QED) is 0.747. The third kappa shape index (κ3) is 4.65. The molecular formula is C22H36N6O. The number of anilines is 1. The van der Waals surface area contributed by atoms with Gasteiger partial charge in [0, 0.05) is 20.1 Å². The first-order valence-corrected chi connectivity index (χ1v) is 11.6. The molecule has 2 aliphatic rings. The molecule has 7 nitrogen and oxygen atoms in total. The van der Waals surface area contributed by atoms with Gasteiger partial charge in [0.1, 0.15) is 5.52 Å². The number of aryl methyl sites for hydroxylation is 2. The van der Waals surface area contributed by atoms with Crippen molar-refractivity contribution in [1.82, 2.24) is 25.1 Å². The predicted molar refractivity (Wildman–Crippen MR) is 118 cm³/mol. The molecule has 0 amide bonds. The van der Waals surface area contributed by atoms with Crippen molar-refractivity contribution in [3.63, 3.8) is 0 Å². The van der Waals surface area contributed by atoms with E-state index in [0.29, 0.717) is 17.4 Å². The fourth-order valence-electron chi connectivity index (χ4n) is 5.09. The Bertz CT molecular complexity index is 840. The Labute approximate surface area is 173 Å². The van der Waals surface area contributed by atoms with Crippen LogP contribution in [0.3, 0.4) is 0 Å². The van der Waals surface area contributed by atoms with Gasteiger partial charge in [0.05, 0.1) is 5.69 Å². The second-order valence-corrected chi connectivity index (χ2v) is 9.01. The number of nitrogens with zero attached hydrogens (tertiary/aromatic N) is 4. The van der Waals surface area contributed by atoms with E-state index in [4.69, 9.17) is 4.98 Å². The monoisotopic (exact) mass is 400 g/mol. The molecule has 0 radical (unpaired) electrons. The average Bonchev–Trinajstić information content (AvgIpc) is 3.05. The van der Waals surface area contributed by atoms with Crippen molar-refractivity contribution < 1.29 is 0 Å². The van der Waals surface area contributed by atoms with Gasteiger partial charge < -0.3 is 10.2 Å². The molecule has 0 spiro atoms. The number of aromatic nitrogens is 4. The van der Waals surface area contributed by atoms with Crippen LogP contribution in [0.4, 0.5) is 5.95 Å². The largest absolute Gasteiger partial charge is 0.342 e. The molecule has 3 heterocycles. The molecule has 4 rings (SSSR count). The number of rotatable bonds is 7. The summed E-state index contributed by atoms with van der Waals surface area (Å²) in [5.74, 6) is 2.11. The lowest BCUT2D eigenvalue weighted by Gasteiger charge is -2.34. The van der Waals surface area contributed by atoms with E-state index in [1.165, 1.54) is 44.9 Å². The minimum Gasteiger partial charge on any atom is -0.342 e. The summed E-state index contributed by atoms with van der Waals surface area (Å²) in [5, 5.41) is 8.04. The number of aromatic amines is 1. The van der Waals surface area contributed by atoms with E-state index in [9.17, 15) is 4.79 Å². The highest BCUT2D eigenvalue weighted by molar-refractivity contribution is 5.77. The minimum atomic E-state index is -0.0682. The lowest BCUT2D eigenvalue weighted by atomic mass is 9.88. The summed E-state index contributed by atoms with van der Waals surface area (Å²) in [5.41, 5.74) is 2.25. The van der Waals surface area contributed by atoms with E-state index >= 15 is 0 Å². The molecule has 0 unspecified atom stereocenters. The van der Waals surface area contributed by atoms with E-state index in [1.54, 1.807) is 4.68 Å². The minimum absolute atomic E-state index is 0.0682. The van der Waals surface area contributed by atoms with Crippen molar-refractivity contribution in [3.8, 4) is 0 Å². The Morgan fingerprint density at radius 1 is 1.07 bits per heavy atom. The number of fused-ring (bicyclic) bond motifs is 1. The van der Waals surface area contributed by atoms with E-state index in [-0.39, 0.29) is 5.56 Å². The van der Waals surface area contributed by atoms with Gasteiger partial charge in [-0.25, -0.2) is 4.98 Å². The van der Waals surface area contributed by atoms with Gasteiger partial charge in [0.15, 0.2) is 5.52 Å². The fraction of sp³-hybridized carbons (Fsp3) is 0.773. The van der Waals surface area contributed by atoms with Crippen LogP contribution < -0.4 is 15.8 Å². The summed E-state index contributed by atoms with van der Waals surface area (Å²) in [4.78, 5) is 23.4. The number of piperidine rings is 1. The van der Waals surface area contributed by atoms with Gasteiger partial charge in [-0.3, -0.25) is 14.5 Å². The summed E-state index contributed by atoms with van der Waals surface area (Å²) in [6.07, 6.45) is 10.9. The van der Waals surface area contributed by atoms with Crippen LogP contribution in [0.25, 0.3) is 11.0 Å². The Balaban J connectivity index is 1.66. The van der Waals surface area contributed by atoms with Crippen molar-refractivity contribution in [2.45, 2.75) is 64.7 Å². The molecule has 2 N–H and O–H groups in total. The Hall–Kier alpha value is -1.89. The van der Waals surface area contributed by atoms with Crippen LogP contribution in [0.15, 0.2) is 4.79 Å². The van der Waals surface area contributed by atoms with E-state index in [0.717, 1.165) is 56.2 Å². The normalized spacial score (nSPS) is 19.1. The maximum atomic E-state index is 12.9. The SMILES string of the molecule is CCCc1nn(C)c2c(=O)[nH]c(N(CC3CCCCC3)CC3CCNCC3)nc12. The predicted octanol–water partition coefficient (Wildman–Crippen LogP) is 3.00. The van der Waals surface area contributed by atoms with Crippen LogP contribution in [0.5, 0.6) is 0 Å². The average molecular weight is 401 g/mol. The zero-order chi connectivity index (χ0) is 20.2. The molecule has 1 saturated carbocycles. The summed E-state index contributed by atoms with van der Waals surface area (Å²) >= 11 is 0. The first-order chi connectivity index (χ1) is 14.2. The van der Waals surface area contributed by atoms with Crippen LogP contribution in [-0.2, 0) is 13.5 Å². The zero-order valence-corrected chi connectivity index (χ0v) is 18.0. The number of H-pyrrole nitrogens is 1. The van der Waals surface area contributed by atoms with Crippen molar-refractivity contribution >= 4 is 17.0 Å². The van der Waals surface area contributed by atoms with Crippen LogP contribution in [0.1, 0.15) is 64.0 Å². The molecule has 2 aromatic heterocycles. The molecule has 1 aliphatic heterocycles. The van der Waals surface area contributed by atoms with Crippen LogP contribution in [-0.4, -0.2) is 45.9 Å². The summed E-state index contributed by atoms with van der Waals surface area (Å²) < 4.78 is 1.69. The van der Waals surface area contributed by atoms with Crippen molar-refractivity contribution in [3.05, 3.63) is 16.0 Å². The van der Waals surface area contributed by atoms with Crippen molar-refractivity contribution in [2.75, 3.05) is 31.1 Å². The van der Waals surface area contributed by atoms with Crippen LogP contribution >= 0.6 is 0 Å². The molecule has 160 valence electrons. The maximum absolute atomic E-state index is 12.9. The summed E-state index contributed by atoms with van der Waals surface area (Å²) in [6, 6.07) is 0. The topological polar surface area (TPSA) is 78.8 Å². The summed E-state index contributed by atoms with van der Waals surface area (Å²) in [7, 11) is 1.84. The van der Waals surface area contributed by atoms with Gasteiger partial charge in [-0.2, -0.15) is 5.10 Å². The van der Waals surface area contributed by atoms with Crippen LogP contribution in [0.2, 0.25) is 0 Å². The summed E-state index contributed by atoms with van der Waals surface area (Å²) in [6.45, 7) is 6.31. The molecule has 7 heteroatoms. The Morgan fingerprint density at radius 3 is 2.45 bits per heavy atom. The Morgan fingerprint density at radius 2 is 1.76 bits per heavy atom. The third-order valence-electron chi connectivity index (χ3n) is 6.68. The molecule has 0 atom stereocenters. The second-order valence-electron chi connectivity index (χ2n) is 9.01. The molecule has 2 aromatic rings. The van der Waals surface area contributed by atoms with Crippen LogP contribution in [0, 0.1) is 11.8 Å². The molecule has 0 aromatic carbocycles. The molecular weight excluding hydrogens is 364 g/mol.